The summed E-state index contributed by atoms with van der Waals surface area (Å²) in [5.74, 6) is -1.19. The molecule has 20 heavy (non-hydrogen) atoms. The number of hydrogen-bond donors (Lipinski definition) is 1. The topological polar surface area (TPSA) is 57.6 Å². The average molecular weight is 298 g/mol. The van der Waals surface area contributed by atoms with Crippen LogP contribution < -0.4 is 0 Å². The van der Waals surface area contributed by atoms with Gasteiger partial charge in [-0.05, 0) is 38.8 Å². The predicted octanol–water partition coefficient (Wildman–Crippen LogP) is 2.98. The first-order chi connectivity index (χ1) is 9.30. The van der Waals surface area contributed by atoms with Gasteiger partial charge in [0, 0.05) is 18.0 Å². The van der Waals surface area contributed by atoms with Crippen molar-refractivity contribution in [2.45, 2.75) is 39.2 Å². The lowest BCUT2D eigenvalue weighted by atomic mass is 10.0. The highest BCUT2D eigenvalue weighted by molar-refractivity contribution is 6.31. The van der Waals surface area contributed by atoms with E-state index in [1.807, 2.05) is 18.2 Å². The fourth-order valence-electron chi connectivity index (χ4n) is 2.08. The third-order valence-electron chi connectivity index (χ3n) is 3.38. The van der Waals surface area contributed by atoms with Crippen LogP contribution in [0.1, 0.15) is 32.8 Å². The smallest absolute Gasteiger partial charge is 0.329 e. The number of likely N-dealkylation sites (N-methyl/N-ethyl adjacent to an activating group) is 1. The number of carboxylic acids is 1. The highest BCUT2D eigenvalue weighted by atomic mass is 35.5. The Hall–Kier alpha value is -1.55. The fourth-order valence-corrected chi connectivity index (χ4v) is 2.31. The lowest BCUT2D eigenvalue weighted by Crippen LogP contribution is -2.52. The zero-order valence-corrected chi connectivity index (χ0v) is 12.8. The van der Waals surface area contributed by atoms with E-state index < -0.39 is 11.5 Å². The van der Waals surface area contributed by atoms with Gasteiger partial charge in [0.1, 0.15) is 5.54 Å². The van der Waals surface area contributed by atoms with Crippen molar-refractivity contribution in [2.24, 2.45) is 0 Å². The highest BCUT2D eigenvalue weighted by Gasteiger charge is 2.36. The van der Waals surface area contributed by atoms with Gasteiger partial charge in [-0.25, -0.2) is 4.79 Å². The minimum absolute atomic E-state index is 0.181. The van der Waals surface area contributed by atoms with Crippen LogP contribution in [0.15, 0.2) is 24.3 Å². The van der Waals surface area contributed by atoms with Crippen LogP contribution in [0, 0.1) is 0 Å². The molecule has 0 spiro atoms. The molecular weight excluding hydrogens is 278 g/mol. The summed E-state index contributed by atoms with van der Waals surface area (Å²) in [4.78, 5) is 24.8. The van der Waals surface area contributed by atoms with Crippen LogP contribution in [-0.2, 0) is 16.0 Å². The van der Waals surface area contributed by atoms with Crippen LogP contribution in [0.2, 0.25) is 5.02 Å². The van der Waals surface area contributed by atoms with Gasteiger partial charge in [0.25, 0.3) is 0 Å². The normalized spacial score (nSPS) is 11.2. The second-order valence-corrected chi connectivity index (χ2v) is 5.50. The van der Waals surface area contributed by atoms with Crippen molar-refractivity contribution in [1.82, 2.24) is 4.90 Å². The summed E-state index contributed by atoms with van der Waals surface area (Å²) in [6.45, 7) is 5.21. The summed E-state index contributed by atoms with van der Waals surface area (Å²) in [7, 11) is 0. The molecule has 0 fully saturated rings. The van der Waals surface area contributed by atoms with Gasteiger partial charge >= 0.3 is 5.97 Å². The molecule has 0 atom stereocenters. The van der Waals surface area contributed by atoms with E-state index in [9.17, 15) is 14.7 Å². The van der Waals surface area contributed by atoms with E-state index in [2.05, 4.69) is 0 Å². The zero-order chi connectivity index (χ0) is 15.3. The number of nitrogens with zero attached hydrogens (tertiary/aromatic N) is 1. The Kier molecular flexibility index (Phi) is 5.57. The number of hydrogen-bond acceptors (Lipinski definition) is 2. The van der Waals surface area contributed by atoms with Crippen molar-refractivity contribution in [3.05, 3.63) is 34.9 Å². The SMILES string of the molecule is CCN(C(=O)CCc1ccccc1Cl)C(C)(C)C(=O)O. The van der Waals surface area contributed by atoms with Gasteiger partial charge in [-0.1, -0.05) is 29.8 Å². The van der Waals surface area contributed by atoms with Crippen LogP contribution in [-0.4, -0.2) is 34.0 Å². The van der Waals surface area contributed by atoms with Gasteiger partial charge in [-0.15, -0.1) is 0 Å². The maximum atomic E-state index is 12.2. The van der Waals surface area contributed by atoms with Crippen LogP contribution in [0.25, 0.3) is 0 Å². The van der Waals surface area contributed by atoms with Gasteiger partial charge in [0.05, 0.1) is 0 Å². The standard InChI is InChI=1S/C15H20ClNO3/c1-4-17(15(2,3)14(19)20)13(18)10-9-11-7-5-6-8-12(11)16/h5-8H,4,9-10H2,1-3H3,(H,19,20). The first-order valence-corrected chi connectivity index (χ1v) is 6.95. The second kappa shape index (κ2) is 6.75. The van der Waals surface area contributed by atoms with Gasteiger partial charge in [-0.2, -0.15) is 0 Å². The molecule has 0 aliphatic carbocycles. The molecule has 0 radical (unpaired) electrons. The van der Waals surface area contributed by atoms with Crippen molar-refractivity contribution in [2.75, 3.05) is 6.54 Å². The third-order valence-corrected chi connectivity index (χ3v) is 3.75. The van der Waals surface area contributed by atoms with Crippen molar-refractivity contribution < 1.29 is 14.7 Å². The van der Waals surface area contributed by atoms with E-state index in [-0.39, 0.29) is 12.3 Å². The molecule has 0 bridgehead atoms. The first kappa shape index (κ1) is 16.5. The number of carboxylic acid groups (broad SMARTS) is 1. The number of aliphatic carboxylic acids is 1. The quantitative estimate of drug-likeness (QED) is 0.878. The van der Waals surface area contributed by atoms with E-state index in [1.165, 1.54) is 18.7 Å². The van der Waals surface area contributed by atoms with Crippen molar-refractivity contribution >= 4 is 23.5 Å². The number of halogens is 1. The number of carbonyl (C=O) groups is 2. The third kappa shape index (κ3) is 3.73. The monoisotopic (exact) mass is 297 g/mol. The summed E-state index contributed by atoms with van der Waals surface area (Å²) in [6, 6.07) is 7.35. The molecule has 0 unspecified atom stereocenters. The molecule has 5 heteroatoms. The van der Waals surface area contributed by atoms with Gasteiger partial charge in [0.15, 0.2) is 0 Å². The molecule has 1 aromatic rings. The van der Waals surface area contributed by atoms with Crippen LogP contribution in [0.4, 0.5) is 0 Å². The van der Waals surface area contributed by atoms with Crippen molar-refractivity contribution in [3.63, 3.8) is 0 Å². The summed E-state index contributed by atoms with van der Waals surface area (Å²) >= 11 is 6.04. The molecule has 0 heterocycles. The maximum Gasteiger partial charge on any atom is 0.329 e. The van der Waals surface area contributed by atoms with Crippen LogP contribution >= 0.6 is 11.6 Å². The number of amides is 1. The Labute approximate surface area is 124 Å². The number of benzene rings is 1. The van der Waals surface area contributed by atoms with Crippen LogP contribution in [0.5, 0.6) is 0 Å². The molecule has 1 rings (SSSR count). The molecule has 0 saturated heterocycles. The minimum atomic E-state index is -1.20. The maximum absolute atomic E-state index is 12.2. The Balaban J connectivity index is 2.75. The summed E-state index contributed by atoms with van der Waals surface area (Å²) in [6.07, 6.45) is 0.749. The summed E-state index contributed by atoms with van der Waals surface area (Å²) in [5.41, 5.74) is -0.307. The lowest BCUT2D eigenvalue weighted by molar-refractivity contribution is -0.156. The molecule has 0 aromatic heterocycles. The second-order valence-electron chi connectivity index (χ2n) is 5.09. The number of carbonyl (C=O) groups excluding carboxylic acids is 1. The largest absolute Gasteiger partial charge is 0.480 e. The number of aryl methyl sites for hydroxylation is 1. The molecule has 0 aliphatic rings. The van der Waals surface area contributed by atoms with Crippen LogP contribution in [0.3, 0.4) is 0 Å². The molecule has 0 aliphatic heterocycles. The van der Waals surface area contributed by atoms with Gasteiger partial charge in [-0.3, -0.25) is 4.79 Å². The van der Waals surface area contributed by atoms with E-state index in [0.29, 0.717) is 18.0 Å². The molecule has 1 N–H and O–H groups in total. The van der Waals surface area contributed by atoms with E-state index >= 15 is 0 Å². The summed E-state index contributed by atoms with van der Waals surface area (Å²) in [5, 5.41) is 9.83. The molecular formula is C15H20ClNO3. The Bertz CT molecular complexity index is 500. The van der Waals surface area contributed by atoms with E-state index in [1.54, 1.807) is 13.0 Å². The average Bonchev–Trinajstić information content (AvgIpc) is 2.38. The molecule has 0 saturated carbocycles. The van der Waals surface area contributed by atoms with E-state index in [0.717, 1.165) is 5.56 Å². The summed E-state index contributed by atoms with van der Waals surface area (Å²) < 4.78 is 0. The van der Waals surface area contributed by atoms with Gasteiger partial charge in [0.2, 0.25) is 5.91 Å². The highest BCUT2D eigenvalue weighted by Crippen LogP contribution is 2.20. The Morgan fingerprint density at radius 3 is 2.40 bits per heavy atom. The Morgan fingerprint density at radius 1 is 1.30 bits per heavy atom. The van der Waals surface area contributed by atoms with Gasteiger partial charge < -0.3 is 10.0 Å². The molecule has 1 amide bonds. The lowest BCUT2D eigenvalue weighted by Gasteiger charge is -2.34. The molecule has 110 valence electrons. The van der Waals surface area contributed by atoms with Crippen molar-refractivity contribution in [1.29, 1.82) is 0 Å². The zero-order valence-electron chi connectivity index (χ0n) is 12.0. The minimum Gasteiger partial charge on any atom is -0.480 e. The predicted molar refractivity (Wildman–Crippen MR) is 78.9 cm³/mol. The van der Waals surface area contributed by atoms with Crippen molar-refractivity contribution in [3.8, 4) is 0 Å². The first-order valence-electron chi connectivity index (χ1n) is 6.58. The fraction of sp³-hybridized carbons (Fsp3) is 0.467. The Morgan fingerprint density at radius 2 is 1.90 bits per heavy atom. The molecule has 4 nitrogen and oxygen atoms in total. The van der Waals surface area contributed by atoms with E-state index in [4.69, 9.17) is 11.6 Å². The number of rotatable bonds is 6. The molecule has 1 aromatic carbocycles.